The van der Waals surface area contributed by atoms with E-state index in [1.807, 2.05) is 12.3 Å². The Balaban J connectivity index is 1.90. The Labute approximate surface area is 247 Å². The second-order valence-electron chi connectivity index (χ2n) is 12.9. The first kappa shape index (κ1) is 30.5. The van der Waals surface area contributed by atoms with E-state index in [-0.39, 0.29) is 34.3 Å². The minimum atomic E-state index is -2.17. The number of rotatable bonds is 5. The fourth-order valence-electron chi connectivity index (χ4n) is 4.49. The van der Waals surface area contributed by atoms with Crippen molar-refractivity contribution in [3.8, 4) is 16.9 Å². The van der Waals surface area contributed by atoms with Gasteiger partial charge in [0.25, 0.3) is 0 Å². The summed E-state index contributed by atoms with van der Waals surface area (Å²) < 4.78 is 23.9. The van der Waals surface area contributed by atoms with Gasteiger partial charge in [-0.05, 0) is 62.6 Å². The lowest BCUT2D eigenvalue weighted by Crippen LogP contribution is -2.45. The molecule has 10 heteroatoms. The molecule has 0 saturated heterocycles. The summed E-state index contributed by atoms with van der Waals surface area (Å²) in [6.45, 7) is 18.0. The minimum absolute atomic E-state index is 0.0259. The number of aromatic hydroxyl groups is 1. The quantitative estimate of drug-likeness (QED) is 0.184. The van der Waals surface area contributed by atoms with Gasteiger partial charge in [0.15, 0.2) is 8.24 Å². The minimum Gasteiger partial charge on any atom is -0.507 e. The predicted octanol–water partition coefficient (Wildman–Crippen LogP) is 8.70. The molecule has 1 amide bonds. The van der Waals surface area contributed by atoms with Crippen LogP contribution in [0.2, 0.25) is 23.2 Å². The number of carbonyl (C=O) groups is 1. The van der Waals surface area contributed by atoms with Crippen LogP contribution in [0.1, 0.15) is 52.7 Å². The summed E-state index contributed by atoms with van der Waals surface area (Å²) in [4.78, 5) is 23.5. The lowest BCUT2D eigenvalue weighted by atomic mass is 10.0. The fraction of sp³-hybridized carbons (Fsp3) is 0.387. The molecule has 0 saturated carbocycles. The van der Waals surface area contributed by atoms with Crippen LogP contribution in [0.25, 0.3) is 22.2 Å². The van der Waals surface area contributed by atoms with E-state index < -0.39 is 25.9 Å². The molecule has 0 radical (unpaired) electrons. The lowest BCUT2D eigenvalue weighted by molar-refractivity contribution is 0.0576. The third kappa shape index (κ3) is 5.97. The van der Waals surface area contributed by atoms with Gasteiger partial charge in [0.2, 0.25) is 5.95 Å². The molecule has 218 valence electrons. The molecule has 0 atom stereocenters. The summed E-state index contributed by atoms with van der Waals surface area (Å²) in [7, 11) is -2.17. The van der Waals surface area contributed by atoms with Gasteiger partial charge in [-0.25, -0.2) is 14.8 Å². The molecular weight excluding hydrogens is 559 g/mol. The van der Waals surface area contributed by atoms with Gasteiger partial charge in [-0.1, -0.05) is 57.6 Å². The smallest absolute Gasteiger partial charge is 0.416 e. The van der Waals surface area contributed by atoms with Crippen molar-refractivity contribution < 1.29 is 19.0 Å². The zero-order chi connectivity index (χ0) is 30.5. The number of halogens is 2. The van der Waals surface area contributed by atoms with Crippen LogP contribution in [0.3, 0.4) is 0 Å². The third-order valence-corrected chi connectivity index (χ3v) is 13.2. The van der Waals surface area contributed by atoms with Crippen molar-refractivity contribution in [1.29, 1.82) is 0 Å². The number of amides is 1. The average molecular weight is 597 g/mol. The topological polar surface area (TPSA) is 80.5 Å². The summed E-state index contributed by atoms with van der Waals surface area (Å²) in [6, 6.07) is 10.6. The van der Waals surface area contributed by atoms with E-state index in [9.17, 15) is 9.90 Å². The van der Waals surface area contributed by atoms with Gasteiger partial charge in [-0.15, -0.1) is 0 Å². The van der Waals surface area contributed by atoms with E-state index in [0.29, 0.717) is 16.0 Å². The van der Waals surface area contributed by atoms with Crippen LogP contribution >= 0.6 is 11.6 Å². The number of anilines is 1. The molecule has 41 heavy (non-hydrogen) atoms. The molecule has 3 heterocycles. The van der Waals surface area contributed by atoms with Crippen LogP contribution < -0.4 is 4.90 Å². The molecule has 4 rings (SSSR count). The maximum Gasteiger partial charge on any atom is 0.416 e. The number of nitrogens with zero attached hydrogens (tertiary/aromatic N) is 4. The van der Waals surface area contributed by atoms with Gasteiger partial charge in [0.05, 0.1) is 12.1 Å². The number of carbonyl (C=O) groups excluding carboxylic acids is 1. The molecule has 0 fully saturated rings. The molecule has 0 spiro atoms. The van der Waals surface area contributed by atoms with Crippen molar-refractivity contribution in [2.24, 2.45) is 0 Å². The molecule has 1 N–H and O–H groups in total. The summed E-state index contributed by atoms with van der Waals surface area (Å²) in [6.07, 6.45) is 2.88. The molecule has 0 bridgehead atoms. The van der Waals surface area contributed by atoms with Gasteiger partial charge in [-0.3, -0.25) is 4.90 Å². The van der Waals surface area contributed by atoms with Crippen LogP contribution in [0.4, 0.5) is 15.0 Å². The molecular formula is C31H38ClFN4O3Si. The summed E-state index contributed by atoms with van der Waals surface area (Å²) >= 11 is 6.05. The summed E-state index contributed by atoms with van der Waals surface area (Å²) in [5.41, 5.74) is 1.37. The van der Waals surface area contributed by atoms with E-state index in [0.717, 1.165) is 11.2 Å². The largest absolute Gasteiger partial charge is 0.507 e. The second-order valence-corrected chi connectivity index (χ2v) is 18.4. The number of ether oxygens (including phenoxy) is 1. The molecule has 0 aliphatic heterocycles. The van der Waals surface area contributed by atoms with Crippen molar-refractivity contribution in [3.05, 3.63) is 70.9 Å². The summed E-state index contributed by atoms with van der Waals surface area (Å²) in [5.74, 6) is -1.22. The standard InChI is InChI=1S/C31H38ClFN4O3Si/c1-19-25(38)24(23-18-37(41(8,9)31(5,6)7)28-22(23)11-10-16-34-28)26(33)35-27(19)36(29(39)40-30(2,3)4)17-20-12-14-21(32)15-13-20/h10-16,18H,17H2,1-9H3,(H,35,38). The molecule has 3 aromatic heterocycles. The zero-order valence-corrected chi connectivity index (χ0v) is 26.9. The molecule has 0 aliphatic carbocycles. The number of hydrogen-bond acceptors (Lipinski definition) is 5. The van der Waals surface area contributed by atoms with Crippen LogP contribution in [0.15, 0.2) is 48.8 Å². The molecule has 7 nitrogen and oxygen atoms in total. The molecule has 0 aliphatic rings. The normalized spacial score (nSPS) is 12.6. The Morgan fingerprint density at radius 2 is 1.76 bits per heavy atom. The van der Waals surface area contributed by atoms with Gasteiger partial charge in [0, 0.05) is 33.9 Å². The second kappa shape index (κ2) is 10.8. The number of fused-ring (bicyclic) bond motifs is 1. The van der Waals surface area contributed by atoms with E-state index in [1.54, 1.807) is 64.2 Å². The van der Waals surface area contributed by atoms with E-state index >= 15 is 4.39 Å². The Morgan fingerprint density at radius 1 is 1.12 bits per heavy atom. The molecule has 1 aromatic carbocycles. The van der Waals surface area contributed by atoms with Crippen molar-refractivity contribution >= 4 is 42.8 Å². The van der Waals surface area contributed by atoms with Gasteiger partial charge in [0.1, 0.15) is 22.8 Å². The third-order valence-electron chi connectivity index (χ3n) is 7.73. The maximum atomic E-state index is 16.1. The van der Waals surface area contributed by atoms with E-state index in [1.165, 1.54) is 4.90 Å². The van der Waals surface area contributed by atoms with E-state index in [2.05, 4.69) is 48.1 Å². The van der Waals surface area contributed by atoms with Crippen LogP contribution in [-0.2, 0) is 11.3 Å². The lowest BCUT2D eigenvalue weighted by Gasteiger charge is -2.38. The number of pyridine rings is 2. The van der Waals surface area contributed by atoms with Gasteiger partial charge in [-0.2, -0.15) is 4.39 Å². The highest BCUT2D eigenvalue weighted by Gasteiger charge is 2.40. The number of aromatic nitrogens is 3. The highest BCUT2D eigenvalue weighted by molar-refractivity contribution is 6.79. The van der Waals surface area contributed by atoms with Crippen LogP contribution in [0.5, 0.6) is 5.75 Å². The first-order valence-corrected chi connectivity index (χ1v) is 16.9. The SMILES string of the molecule is Cc1c(N(Cc2ccc(Cl)cc2)C(=O)OC(C)(C)C)nc(F)c(-c2cn([Si](C)(C)C(C)(C)C)c3ncccc23)c1O. The zero-order valence-electron chi connectivity index (χ0n) is 25.1. The van der Waals surface area contributed by atoms with Crippen LogP contribution in [0, 0.1) is 12.9 Å². The first-order chi connectivity index (χ1) is 18.9. The Hall–Kier alpha value is -3.43. The fourth-order valence-corrected chi connectivity index (χ4v) is 6.49. The molecule has 0 unspecified atom stereocenters. The first-order valence-electron chi connectivity index (χ1n) is 13.5. The van der Waals surface area contributed by atoms with Gasteiger partial charge < -0.3 is 14.1 Å². The van der Waals surface area contributed by atoms with Crippen LogP contribution in [-0.4, -0.2) is 39.2 Å². The number of benzene rings is 1. The Kier molecular flexibility index (Phi) is 8.01. The van der Waals surface area contributed by atoms with Crippen molar-refractivity contribution in [1.82, 2.24) is 14.2 Å². The monoisotopic (exact) mass is 596 g/mol. The highest BCUT2D eigenvalue weighted by atomic mass is 35.5. The Bertz CT molecular complexity index is 1610. The van der Waals surface area contributed by atoms with Crippen molar-refractivity contribution in [2.75, 3.05) is 4.90 Å². The average Bonchev–Trinajstić information content (AvgIpc) is 3.24. The predicted molar refractivity (Wildman–Crippen MR) is 166 cm³/mol. The highest BCUT2D eigenvalue weighted by Crippen LogP contribution is 2.45. The molecule has 4 aromatic rings. The van der Waals surface area contributed by atoms with Gasteiger partial charge >= 0.3 is 6.09 Å². The number of hydrogen-bond donors (Lipinski definition) is 1. The summed E-state index contributed by atoms with van der Waals surface area (Å²) in [5, 5.41) is 12.8. The van der Waals surface area contributed by atoms with Crippen molar-refractivity contribution in [2.45, 2.75) is 78.7 Å². The maximum absolute atomic E-state index is 16.1. The van der Waals surface area contributed by atoms with E-state index in [4.69, 9.17) is 16.3 Å². The Morgan fingerprint density at radius 3 is 2.34 bits per heavy atom. The van der Waals surface area contributed by atoms with Crippen molar-refractivity contribution in [3.63, 3.8) is 0 Å².